The maximum Gasteiger partial charge on any atom is 0.265 e. The Morgan fingerprint density at radius 1 is 0.938 bits per heavy atom. The number of carbonyl (C=O) groups excluding carboxylic acids is 2. The van der Waals surface area contributed by atoms with Gasteiger partial charge in [-0.05, 0) is 42.5 Å². The molecule has 3 aromatic rings. The van der Waals surface area contributed by atoms with Gasteiger partial charge in [0.05, 0.1) is 12.2 Å². The van der Waals surface area contributed by atoms with Crippen LogP contribution in [0.4, 0.5) is 11.4 Å². The van der Waals surface area contributed by atoms with Crippen LogP contribution in [-0.2, 0) is 4.79 Å². The van der Waals surface area contributed by atoms with E-state index in [9.17, 15) is 9.59 Å². The molecule has 2 aliphatic heterocycles. The highest BCUT2D eigenvalue weighted by Gasteiger charge is 2.26. The Labute approximate surface area is 184 Å². The molecule has 2 aliphatic rings. The minimum atomic E-state index is -0.289. The van der Waals surface area contributed by atoms with Gasteiger partial charge in [-0.25, -0.2) is 0 Å². The monoisotopic (exact) mass is 432 g/mol. The van der Waals surface area contributed by atoms with Crippen molar-refractivity contribution >= 4 is 23.2 Å². The van der Waals surface area contributed by atoms with Crippen LogP contribution in [0.1, 0.15) is 10.4 Å². The third kappa shape index (κ3) is 4.02. The minimum Gasteiger partial charge on any atom is -0.492 e. The first-order chi connectivity index (χ1) is 15.7. The fourth-order valence-electron chi connectivity index (χ4n) is 3.54. The summed E-state index contributed by atoms with van der Waals surface area (Å²) in [6.07, 6.45) is 0. The van der Waals surface area contributed by atoms with Crippen LogP contribution < -0.4 is 29.2 Å². The van der Waals surface area contributed by atoms with Crippen molar-refractivity contribution in [3.05, 3.63) is 72.3 Å². The first-order valence-electron chi connectivity index (χ1n) is 10.1. The zero-order chi connectivity index (χ0) is 21.9. The van der Waals surface area contributed by atoms with Crippen LogP contribution in [0.25, 0.3) is 0 Å². The highest BCUT2D eigenvalue weighted by Crippen LogP contribution is 2.35. The molecule has 2 heterocycles. The van der Waals surface area contributed by atoms with E-state index in [-0.39, 0.29) is 25.2 Å². The Morgan fingerprint density at radius 3 is 2.66 bits per heavy atom. The number of benzene rings is 3. The summed E-state index contributed by atoms with van der Waals surface area (Å²) in [6.45, 7) is 0.802. The predicted octanol–water partition coefficient (Wildman–Crippen LogP) is 3.47. The lowest BCUT2D eigenvalue weighted by molar-refractivity contribution is -0.121. The smallest absolute Gasteiger partial charge is 0.265 e. The molecule has 0 aliphatic carbocycles. The molecule has 0 radical (unpaired) electrons. The number of carbonyl (C=O) groups is 2. The summed E-state index contributed by atoms with van der Waals surface area (Å²) < 4.78 is 21.9. The zero-order valence-corrected chi connectivity index (χ0v) is 17.1. The van der Waals surface area contributed by atoms with Gasteiger partial charge in [-0.15, -0.1) is 0 Å². The first-order valence-corrected chi connectivity index (χ1v) is 10.1. The fourth-order valence-corrected chi connectivity index (χ4v) is 3.54. The van der Waals surface area contributed by atoms with Crippen molar-refractivity contribution in [1.29, 1.82) is 0 Å². The molecule has 0 saturated heterocycles. The maximum absolute atomic E-state index is 12.6. The van der Waals surface area contributed by atoms with Gasteiger partial charge in [-0.1, -0.05) is 18.2 Å². The molecule has 162 valence electrons. The number of nitrogens with one attached hydrogen (secondary N) is 1. The van der Waals surface area contributed by atoms with Crippen LogP contribution in [0.5, 0.6) is 23.0 Å². The van der Waals surface area contributed by atoms with E-state index in [2.05, 4.69) is 5.32 Å². The molecule has 2 amide bonds. The molecular weight excluding hydrogens is 412 g/mol. The number of amides is 2. The summed E-state index contributed by atoms with van der Waals surface area (Å²) in [5.74, 6) is 1.99. The van der Waals surface area contributed by atoms with E-state index in [0.29, 0.717) is 47.3 Å². The molecule has 0 saturated carbocycles. The molecule has 1 N–H and O–H groups in total. The van der Waals surface area contributed by atoms with Crippen LogP contribution in [-0.4, -0.2) is 38.4 Å². The summed E-state index contributed by atoms with van der Waals surface area (Å²) in [5, 5.41) is 2.85. The average Bonchev–Trinajstić information content (AvgIpc) is 3.29. The second-order valence-electron chi connectivity index (χ2n) is 7.20. The van der Waals surface area contributed by atoms with Gasteiger partial charge in [0.1, 0.15) is 18.1 Å². The van der Waals surface area contributed by atoms with Crippen LogP contribution in [0.2, 0.25) is 0 Å². The van der Waals surface area contributed by atoms with E-state index in [4.69, 9.17) is 18.9 Å². The lowest BCUT2D eigenvalue weighted by atomic mass is 10.1. The highest BCUT2D eigenvalue weighted by molar-refractivity contribution is 6.05. The van der Waals surface area contributed by atoms with Gasteiger partial charge in [0.25, 0.3) is 11.8 Å². The van der Waals surface area contributed by atoms with Crippen LogP contribution >= 0.6 is 0 Å². The van der Waals surface area contributed by atoms with Gasteiger partial charge in [-0.3, -0.25) is 9.59 Å². The lowest BCUT2D eigenvalue weighted by Gasteiger charge is -2.29. The number of para-hydroxylation sites is 1. The van der Waals surface area contributed by atoms with Gasteiger partial charge >= 0.3 is 0 Å². The van der Waals surface area contributed by atoms with E-state index in [1.54, 1.807) is 41.3 Å². The molecule has 0 spiro atoms. The van der Waals surface area contributed by atoms with Crippen molar-refractivity contribution in [3.63, 3.8) is 0 Å². The number of hydrogen-bond donors (Lipinski definition) is 1. The highest BCUT2D eigenvalue weighted by atomic mass is 16.7. The summed E-state index contributed by atoms with van der Waals surface area (Å²) in [7, 11) is 0. The molecular formula is C24H20N2O6. The SMILES string of the molecule is O=C(Nc1ccc2c(c1)OCC(=O)N2CCOc1ccccc1)c1ccc2c(c1)OCO2. The minimum absolute atomic E-state index is 0.0715. The number of hydrogen-bond acceptors (Lipinski definition) is 6. The molecule has 0 unspecified atom stereocenters. The standard InChI is InChI=1S/C24H20N2O6/c27-23-14-30-21-13-17(25-24(28)16-6-9-20-22(12-16)32-15-31-20)7-8-19(21)26(23)10-11-29-18-4-2-1-3-5-18/h1-9,12-13H,10-11,14-15H2,(H,25,28). The van der Waals surface area contributed by atoms with Crippen LogP contribution in [0, 0.1) is 0 Å². The van der Waals surface area contributed by atoms with Crippen molar-refractivity contribution in [3.8, 4) is 23.0 Å². The van der Waals surface area contributed by atoms with Gasteiger partial charge in [0, 0.05) is 17.3 Å². The average molecular weight is 432 g/mol. The molecule has 8 heteroatoms. The van der Waals surface area contributed by atoms with Gasteiger partial charge < -0.3 is 29.2 Å². The number of nitrogens with zero attached hydrogens (tertiary/aromatic N) is 1. The molecule has 32 heavy (non-hydrogen) atoms. The molecule has 0 atom stereocenters. The molecule has 0 bridgehead atoms. The number of ether oxygens (including phenoxy) is 4. The molecule has 5 rings (SSSR count). The number of fused-ring (bicyclic) bond motifs is 2. The summed E-state index contributed by atoms with van der Waals surface area (Å²) in [5.41, 5.74) is 1.64. The van der Waals surface area contributed by atoms with Gasteiger partial charge in [-0.2, -0.15) is 0 Å². The van der Waals surface area contributed by atoms with Crippen molar-refractivity contribution in [1.82, 2.24) is 0 Å². The molecule has 0 aromatic heterocycles. The third-order valence-electron chi connectivity index (χ3n) is 5.12. The second kappa shape index (κ2) is 8.50. The fraction of sp³-hybridized carbons (Fsp3) is 0.167. The molecule has 8 nitrogen and oxygen atoms in total. The Balaban J connectivity index is 1.27. The van der Waals surface area contributed by atoms with Crippen molar-refractivity contribution in [2.45, 2.75) is 0 Å². The summed E-state index contributed by atoms with van der Waals surface area (Å²) >= 11 is 0. The largest absolute Gasteiger partial charge is 0.492 e. The summed E-state index contributed by atoms with van der Waals surface area (Å²) in [4.78, 5) is 26.7. The van der Waals surface area contributed by atoms with E-state index >= 15 is 0 Å². The molecule has 0 fully saturated rings. The number of rotatable bonds is 6. The number of anilines is 2. The zero-order valence-electron chi connectivity index (χ0n) is 17.1. The van der Waals surface area contributed by atoms with E-state index in [1.165, 1.54) is 0 Å². The maximum atomic E-state index is 12.6. The second-order valence-corrected chi connectivity index (χ2v) is 7.20. The van der Waals surface area contributed by atoms with Crippen LogP contribution in [0.3, 0.4) is 0 Å². The van der Waals surface area contributed by atoms with Crippen LogP contribution in [0.15, 0.2) is 66.7 Å². The Bertz CT molecular complexity index is 1160. The predicted molar refractivity (Wildman–Crippen MR) is 117 cm³/mol. The first kappa shape index (κ1) is 19.7. The van der Waals surface area contributed by atoms with Crippen molar-refractivity contribution in [2.24, 2.45) is 0 Å². The van der Waals surface area contributed by atoms with E-state index in [0.717, 1.165) is 5.75 Å². The lowest BCUT2D eigenvalue weighted by Crippen LogP contribution is -2.41. The third-order valence-corrected chi connectivity index (χ3v) is 5.12. The quantitative estimate of drug-likeness (QED) is 0.642. The van der Waals surface area contributed by atoms with Crippen molar-refractivity contribution in [2.75, 3.05) is 36.8 Å². The molecule has 3 aromatic carbocycles. The summed E-state index contributed by atoms with van der Waals surface area (Å²) in [6, 6.07) is 19.6. The Kier molecular flexibility index (Phi) is 5.25. The van der Waals surface area contributed by atoms with Gasteiger partial charge in [0.15, 0.2) is 18.1 Å². The topological polar surface area (TPSA) is 86.3 Å². The Hall–Kier alpha value is -4.20. The van der Waals surface area contributed by atoms with Gasteiger partial charge in [0.2, 0.25) is 6.79 Å². The van der Waals surface area contributed by atoms with E-state index in [1.807, 2.05) is 30.3 Å². The van der Waals surface area contributed by atoms with Crippen molar-refractivity contribution < 1.29 is 28.5 Å². The normalized spacial score (nSPS) is 13.9. The van der Waals surface area contributed by atoms with E-state index < -0.39 is 0 Å². The Morgan fingerprint density at radius 2 is 1.78 bits per heavy atom.